The minimum absolute atomic E-state index is 0. The molecule has 3 rings (SSSR count). The first-order valence-corrected chi connectivity index (χ1v) is 11.5. The Morgan fingerprint density at radius 2 is 1.61 bits per heavy atom. The lowest BCUT2D eigenvalue weighted by Crippen LogP contribution is -2.49. The summed E-state index contributed by atoms with van der Waals surface area (Å²) < 4.78 is 66.5. The topological polar surface area (TPSA) is 69.7 Å². The number of halogens is 3. The molecule has 1 fully saturated rings. The van der Waals surface area contributed by atoms with Crippen LogP contribution in [0.3, 0.4) is 0 Å². The number of carbonyl (C=O) groups excluding carboxylic acids is 1. The summed E-state index contributed by atoms with van der Waals surface area (Å²) in [5.74, 6) is -3.37. The molecule has 10 heteroatoms. The van der Waals surface area contributed by atoms with Crippen LogP contribution in [0, 0.1) is 17.5 Å². The van der Waals surface area contributed by atoms with Crippen LogP contribution >= 0.6 is 0 Å². The van der Waals surface area contributed by atoms with Crippen LogP contribution in [0.5, 0.6) is 0 Å². The Morgan fingerprint density at radius 1 is 1.03 bits per heavy atom. The first kappa shape index (κ1) is 23.1. The van der Waals surface area contributed by atoms with Gasteiger partial charge in [0.25, 0.3) is 5.91 Å². The van der Waals surface area contributed by atoms with Crippen LogP contribution in [0.1, 0.15) is 37.2 Å². The molecular formula is C21H26F3N3O3S. The highest BCUT2D eigenvalue weighted by molar-refractivity contribution is 7.92. The summed E-state index contributed by atoms with van der Waals surface area (Å²) in [6.45, 7) is 4.90. The van der Waals surface area contributed by atoms with Crippen LogP contribution in [-0.2, 0) is 10.0 Å². The fraction of sp³-hybridized carbons (Fsp3) is 0.381. The minimum atomic E-state index is -3.39. The molecule has 2 aromatic carbocycles. The summed E-state index contributed by atoms with van der Waals surface area (Å²) in [7, 11) is -3.39. The van der Waals surface area contributed by atoms with Gasteiger partial charge in [0.15, 0.2) is 11.6 Å². The molecule has 1 unspecified atom stereocenters. The average molecular weight is 458 g/mol. The van der Waals surface area contributed by atoms with E-state index in [1.165, 1.54) is 19.1 Å². The standard InChI is InChI=1S/C21H24F3N3O3S.H2/c1-3-31(29,30)25-16-6-4-15(5-7-16)21(28)27-10-8-26(9-11-27)14(2)17-12-19(23)20(24)13-18(17)22;/h4-7,12-14,25H,3,8-11H2,1-2H3;1H. The molecule has 0 radical (unpaired) electrons. The summed E-state index contributed by atoms with van der Waals surface area (Å²) in [6.07, 6.45) is 0. The summed E-state index contributed by atoms with van der Waals surface area (Å²) in [6, 6.07) is 7.13. The monoisotopic (exact) mass is 457 g/mol. The maximum atomic E-state index is 14.1. The summed E-state index contributed by atoms with van der Waals surface area (Å²) in [5.41, 5.74) is 0.877. The van der Waals surface area contributed by atoms with Gasteiger partial charge in [-0.15, -0.1) is 0 Å². The van der Waals surface area contributed by atoms with Crippen LogP contribution in [0.2, 0.25) is 0 Å². The van der Waals surface area contributed by atoms with E-state index >= 15 is 0 Å². The van der Waals surface area contributed by atoms with E-state index in [2.05, 4.69) is 4.72 Å². The van der Waals surface area contributed by atoms with E-state index in [0.29, 0.717) is 43.5 Å². The normalized spacial score (nSPS) is 16.2. The number of hydrogen-bond donors (Lipinski definition) is 1. The molecule has 31 heavy (non-hydrogen) atoms. The van der Waals surface area contributed by atoms with Crippen molar-refractivity contribution in [1.82, 2.24) is 9.80 Å². The number of carbonyl (C=O) groups is 1. The predicted molar refractivity (Wildman–Crippen MR) is 114 cm³/mol. The fourth-order valence-electron chi connectivity index (χ4n) is 3.48. The molecule has 1 aliphatic rings. The Morgan fingerprint density at radius 3 is 2.19 bits per heavy atom. The molecule has 0 spiro atoms. The number of benzene rings is 2. The lowest BCUT2D eigenvalue weighted by molar-refractivity contribution is 0.0578. The zero-order valence-electron chi connectivity index (χ0n) is 17.2. The minimum Gasteiger partial charge on any atom is -0.336 e. The highest BCUT2D eigenvalue weighted by atomic mass is 32.2. The molecule has 0 bridgehead atoms. The van der Waals surface area contributed by atoms with Crippen molar-refractivity contribution in [3.05, 3.63) is 65.0 Å². The smallest absolute Gasteiger partial charge is 0.253 e. The third kappa shape index (κ3) is 5.37. The second-order valence-corrected chi connectivity index (χ2v) is 9.39. The Kier molecular flexibility index (Phi) is 6.90. The molecule has 0 aromatic heterocycles. The molecule has 1 N–H and O–H groups in total. The highest BCUT2D eigenvalue weighted by Gasteiger charge is 2.27. The van der Waals surface area contributed by atoms with Gasteiger partial charge >= 0.3 is 0 Å². The predicted octanol–water partition coefficient (Wildman–Crippen LogP) is 3.63. The number of hydrogen-bond acceptors (Lipinski definition) is 4. The van der Waals surface area contributed by atoms with Gasteiger partial charge in [0, 0.05) is 56.5 Å². The van der Waals surface area contributed by atoms with E-state index in [0.717, 1.165) is 6.07 Å². The van der Waals surface area contributed by atoms with E-state index in [-0.39, 0.29) is 18.7 Å². The summed E-state index contributed by atoms with van der Waals surface area (Å²) >= 11 is 0. The van der Waals surface area contributed by atoms with E-state index in [1.807, 2.05) is 4.90 Å². The number of piperazine rings is 1. The third-order valence-corrected chi connectivity index (χ3v) is 6.73. The van der Waals surface area contributed by atoms with Crippen molar-refractivity contribution >= 4 is 21.6 Å². The van der Waals surface area contributed by atoms with Gasteiger partial charge in [-0.2, -0.15) is 0 Å². The van der Waals surface area contributed by atoms with Crippen molar-refractivity contribution in [2.45, 2.75) is 19.9 Å². The largest absolute Gasteiger partial charge is 0.336 e. The molecule has 6 nitrogen and oxygen atoms in total. The van der Waals surface area contributed by atoms with Gasteiger partial charge in [-0.1, -0.05) is 0 Å². The summed E-state index contributed by atoms with van der Waals surface area (Å²) in [4.78, 5) is 16.3. The first-order valence-electron chi connectivity index (χ1n) is 9.89. The second-order valence-electron chi connectivity index (χ2n) is 7.37. The van der Waals surface area contributed by atoms with E-state index in [4.69, 9.17) is 0 Å². The fourth-order valence-corrected chi connectivity index (χ4v) is 4.12. The molecular weight excluding hydrogens is 431 g/mol. The van der Waals surface area contributed by atoms with Crippen molar-refractivity contribution in [3.63, 3.8) is 0 Å². The van der Waals surface area contributed by atoms with Crippen molar-refractivity contribution in [1.29, 1.82) is 0 Å². The van der Waals surface area contributed by atoms with Gasteiger partial charge in [0.05, 0.1) is 5.75 Å². The van der Waals surface area contributed by atoms with Crippen LogP contribution in [0.4, 0.5) is 18.9 Å². The maximum Gasteiger partial charge on any atom is 0.253 e. The molecule has 1 amide bonds. The van der Waals surface area contributed by atoms with Gasteiger partial charge in [-0.25, -0.2) is 21.6 Å². The zero-order valence-corrected chi connectivity index (χ0v) is 18.1. The van der Waals surface area contributed by atoms with Crippen LogP contribution in [0.25, 0.3) is 0 Å². The van der Waals surface area contributed by atoms with Crippen molar-refractivity contribution < 1.29 is 27.8 Å². The molecule has 1 saturated heterocycles. The van der Waals surface area contributed by atoms with Crippen LogP contribution < -0.4 is 4.72 Å². The van der Waals surface area contributed by atoms with Gasteiger partial charge in [0.1, 0.15) is 5.82 Å². The SMILES string of the molecule is CCS(=O)(=O)Nc1ccc(C(=O)N2CCN(C(C)c3cc(F)c(F)cc3F)CC2)cc1.[HH]. The van der Waals surface area contributed by atoms with Crippen molar-refractivity contribution in [2.75, 3.05) is 36.7 Å². The number of nitrogens with zero attached hydrogens (tertiary/aromatic N) is 2. The van der Waals surface area contributed by atoms with E-state index in [1.54, 1.807) is 24.0 Å². The highest BCUT2D eigenvalue weighted by Crippen LogP contribution is 2.26. The third-order valence-electron chi connectivity index (χ3n) is 5.42. The molecule has 170 valence electrons. The first-order chi connectivity index (χ1) is 14.6. The number of nitrogens with one attached hydrogen (secondary N) is 1. The maximum absolute atomic E-state index is 14.1. The van der Waals surface area contributed by atoms with Gasteiger partial charge in [0.2, 0.25) is 10.0 Å². The molecule has 0 aliphatic carbocycles. The van der Waals surface area contributed by atoms with Crippen LogP contribution in [0.15, 0.2) is 36.4 Å². The number of sulfonamides is 1. The van der Waals surface area contributed by atoms with Gasteiger partial charge in [-0.3, -0.25) is 14.4 Å². The van der Waals surface area contributed by atoms with Crippen LogP contribution in [-0.4, -0.2) is 56.1 Å². The number of amides is 1. The molecule has 1 aliphatic heterocycles. The van der Waals surface area contributed by atoms with E-state index in [9.17, 15) is 26.4 Å². The lowest BCUT2D eigenvalue weighted by atomic mass is 10.0. The Balaban J connectivity index is 0.00000363. The number of anilines is 1. The molecule has 1 heterocycles. The average Bonchev–Trinajstić information content (AvgIpc) is 2.76. The zero-order chi connectivity index (χ0) is 22.8. The summed E-state index contributed by atoms with van der Waals surface area (Å²) in [5, 5.41) is 0. The van der Waals surface area contributed by atoms with Crippen molar-refractivity contribution in [2.24, 2.45) is 0 Å². The number of rotatable bonds is 6. The molecule has 0 saturated carbocycles. The Hall–Kier alpha value is -2.59. The van der Waals surface area contributed by atoms with Gasteiger partial charge in [-0.05, 0) is 44.2 Å². The molecule has 2 aromatic rings. The van der Waals surface area contributed by atoms with Crippen molar-refractivity contribution in [3.8, 4) is 0 Å². The molecule has 1 atom stereocenters. The Labute approximate surface area is 181 Å². The van der Waals surface area contributed by atoms with Gasteiger partial charge < -0.3 is 4.90 Å². The van der Waals surface area contributed by atoms with E-state index < -0.39 is 33.5 Å². The Bertz CT molecular complexity index is 1060. The quantitative estimate of drug-likeness (QED) is 0.673. The lowest BCUT2D eigenvalue weighted by Gasteiger charge is -2.38. The second kappa shape index (κ2) is 9.27.